The highest BCUT2D eigenvalue weighted by atomic mass is 16.5. The molecule has 7 nitrogen and oxygen atoms in total. The first-order valence-corrected chi connectivity index (χ1v) is 12.0. The van der Waals surface area contributed by atoms with Gasteiger partial charge in [0.15, 0.2) is 0 Å². The summed E-state index contributed by atoms with van der Waals surface area (Å²) in [6.07, 6.45) is 2.09. The fraction of sp³-hybridized carbons (Fsp3) is 0.444. The van der Waals surface area contributed by atoms with E-state index in [1.807, 2.05) is 31.2 Å². The summed E-state index contributed by atoms with van der Waals surface area (Å²) >= 11 is 0. The predicted molar refractivity (Wildman–Crippen MR) is 128 cm³/mol. The molecule has 2 aliphatic rings. The molecule has 7 heteroatoms. The molecule has 2 amide bonds. The maximum absolute atomic E-state index is 13.0. The Hall–Kier alpha value is -3.35. The van der Waals surface area contributed by atoms with Gasteiger partial charge in [-0.25, -0.2) is 4.79 Å². The minimum Gasteiger partial charge on any atom is -0.481 e. The van der Waals surface area contributed by atoms with Crippen molar-refractivity contribution >= 4 is 18.0 Å². The van der Waals surface area contributed by atoms with E-state index in [0.29, 0.717) is 32.1 Å². The van der Waals surface area contributed by atoms with Gasteiger partial charge in [-0.05, 0) is 61.3 Å². The Labute approximate surface area is 199 Å². The lowest BCUT2D eigenvalue weighted by Gasteiger charge is -2.33. The van der Waals surface area contributed by atoms with Gasteiger partial charge >= 0.3 is 12.1 Å². The first-order chi connectivity index (χ1) is 16.3. The highest BCUT2D eigenvalue weighted by Gasteiger charge is 2.37. The summed E-state index contributed by atoms with van der Waals surface area (Å²) in [5.41, 5.74) is 3.45. The molecule has 2 aromatic carbocycles. The second kappa shape index (κ2) is 9.87. The second-order valence-corrected chi connectivity index (χ2v) is 9.50. The van der Waals surface area contributed by atoms with E-state index >= 15 is 0 Å². The van der Waals surface area contributed by atoms with Gasteiger partial charge in [0.05, 0.1) is 5.92 Å². The minimum absolute atomic E-state index is 0.0516. The van der Waals surface area contributed by atoms with E-state index in [2.05, 4.69) is 34.9 Å². The Balaban J connectivity index is 1.35. The molecule has 1 atom stereocenters. The van der Waals surface area contributed by atoms with Crippen molar-refractivity contribution in [3.63, 3.8) is 0 Å². The van der Waals surface area contributed by atoms with Crippen LogP contribution in [0, 0.1) is 5.92 Å². The summed E-state index contributed by atoms with van der Waals surface area (Å²) in [6.45, 7) is 3.71. The SMILES string of the molecule is CCC(C)(NC(=O)OCC1c2ccccc2-c2ccccc21)C(=O)NC1CCC(C(=O)O)CC1. The number of amides is 2. The fourth-order valence-corrected chi connectivity index (χ4v) is 4.99. The van der Waals surface area contributed by atoms with E-state index in [1.54, 1.807) is 6.92 Å². The van der Waals surface area contributed by atoms with Crippen LogP contribution in [0.25, 0.3) is 11.1 Å². The third-order valence-electron chi connectivity index (χ3n) is 7.34. The van der Waals surface area contributed by atoms with Gasteiger partial charge in [0.25, 0.3) is 0 Å². The van der Waals surface area contributed by atoms with Gasteiger partial charge in [-0.1, -0.05) is 55.5 Å². The molecule has 34 heavy (non-hydrogen) atoms. The molecule has 0 bridgehead atoms. The van der Waals surface area contributed by atoms with Gasteiger partial charge < -0.3 is 20.5 Å². The van der Waals surface area contributed by atoms with Gasteiger partial charge in [0.1, 0.15) is 12.1 Å². The molecule has 0 heterocycles. The number of carbonyl (C=O) groups excluding carboxylic acids is 2. The lowest BCUT2D eigenvalue weighted by Crippen LogP contribution is -2.58. The quantitative estimate of drug-likeness (QED) is 0.561. The first-order valence-electron chi connectivity index (χ1n) is 12.0. The van der Waals surface area contributed by atoms with E-state index in [0.717, 1.165) is 22.3 Å². The van der Waals surface area contributed by atoms with Gasteiger partial charge in [-0.2, -0.15) is 0 Å². The Morgan fingerprint density at radius 3 is 2.06 bits per heavy atom. The van der Waals surface area contributed by atoms with Crippen molar-refractivity contribution in [3.8, 4) is 11.1 Å². The van der Waals surface area contributed by atoms with Crippen molar-refractivity contribution < 1.29 is 24.2 Å². The molecule has 0 radical (unpaired) electrons. The highest BCUT2D eigenvalue weighted by molar-refractivity contribution is 5.89. The smallest absolute Gasteiger partial charge is 0.408 e. The Morgan fingerprint density at radius 1 is 0.971 bits per heavy atom. The zero-order chi connectivity index (χ0) is 24.3. The standard InChI is InChI=1S/C27H32N2O5/c1-3-27(2,25(32)28-18-14-12-17(13-15-18)24(30)31)29-26(33)34-16-23-21-10-6-4-8-19(21)20-9-5-7-11-22(20)23/h4-11,17-18,23H,3,12-16H2,1-2H3,(H,28,32)(H,29,33)(H,30,31). The summed E-state index contributed by atoms with van der Waals surface area (Å²) < 4.78 is 5.62. The lowest BCUT2D eigenvalue weighted by atomic mass is 9.85. The Bertz CT molecular complexity index is 1030. The number of carboxylic acids is 1. The number of hydrogen-bond donors (Lipinski definition) is 3. The van der Waals surface area contributed by atoms with E-state index < -0.39 is 17.6 Å². The molecule has 0 saturated heterocycles. The van der Waals surface area contributed by atoms with E-state index in [9.17, 15) is 14.4 Å². The number of alkyl carbamates (subject to hydrolysis) is 1. The number of carboxylic acid groups (broad SMARTS) is 1. The zero-order valence-electron chi connectivity index (χ0n) is 19.7. The summed E-state index contributed by atoms with van der Waals surface area (Å²) in [6, 6.07) is 16.2. The van der Waals surface area contributed by atoms with Gasteiger partial charge in [-0.3, -0.25) is 9.59 Å². The van der Waals surface area contributed by atoms with Crippen LogP contribution >= 0.6 is 0 Å². The van der Waals surface area contributed by atoms with Crippen molar-refractivity contribution in [1.29, 1.82) is 0 Å². The number of hydrogen-bond acceptors (Lipinski definition) is 4. The zero-order valence-corrected chi connectivity index (χ0v) is 19.7. The van der Waals surface area contributed by atoms with Crippen LogP contribution in [0.2, 0.25) is 0 Å². The summed E-state index contributed by atoms with van der Waals surface area (Å²) in [5, 5.41) is 14.9. The maximum Gasteiger partial charge on any atom is 0.408 e. The number of rotatable bonds is 7. The van der Waals surface area contributed by atoms with Crippen LogP contribution in [-0.2, 0) is 14.3 Å². The molecule has 1 fully saturated rings. The number of benzene rings is 2. The average Bonchev–Trinajstić information content (AvgIpc) is 3.16. The molecule has 0 aromatic heterocycles. The number of nitrogens with one attached hydrogen (secondary N) is 2. The molecule has 4 rings (SSSR count). The van der Waals surface area contributed by atoms with Crippen molar-refractivity contribution in [2.45, 2.75) is 63.5 Å². The van der Waals surface area contributed by atoms with Crippen LogP contribution in [0.5, 0.6) is 0 Å². The van der Waals surface area contributed by atoms with Gasteiger partial charge in [0.2, 0.25) is 5.91 Å². The van der Waals surface area contributed by atoms with Gasteiger partial charge in [-0.15, -0.1) is 0 Å². The van der Waals surface area contributed by atoms with Crippen molar-refractivity contribution in [1.82, 2.24) is 10.6 Å². The molecule has 3 N–H and O–H groups in total. The third kappa shape index (κ3) is 4.79. The monoisotopic (exact) mass is 464 g/mol. The summed E-state index contributed by atoms with van der Waals surface area (Å²) in [4.78, 5) is 36.9. The van der Waals surface area contributed by atoms with Crippen molar-refractivity contribution in [2.75, 3.05) is 6.61 Å². The number of carbonyl (C=O) groups is 3. The molecule has 1 saturated carbocycles. The molecule has 1 unspecified atom stereocenters. The number of fused-ring (bicyclic) bond motifs is 3. The largest absolute Gasteiger partial charge is 0.481 e. The molecule has 2 aliphatic carbocycles. The highest BCUT2D eigenvalue weighted by Crippen LogP contribution is 2.44. The third-order valence-corrected chi connectivity index (χ3v) is 7.34. The van der Waals surface area contributed by atoms with Crippen LogP contribution in [0.1, 0.15) is 63.0 Å². The van der Waals surface area contributed by atoms with Crippen LogP contribution < -0.4 is 10.6 Å². The predicted octanol–water partition coefficient (Wildman–Crippen LogP) is 4.45. The molecular weight excluding hydrogens is 432 g/mol. The van der Waals surface area contributed by atoms with Crippen molar-refractivity contribution in [3.05, 3.63) is 59.7 Å². The maximum atomic E-state index is 13.0. The van der Waals surface area contributed by atoms with Crippen LogP contribution in [0.3, 0.4) is 0 Å². The van der Waals surface area contributed by atoms with Gasteiger partial charge in [0, 0.05) is 12.0 Å². The number of ether oxygens (including phenoxy) is 1. The number of aliphatic carboxylic acids is 1. The topological polar surface area (TPSA) is 105 Å². The second-order valence-electron chi connectivity index (χ2n) is 9.50. The van der Waals surface area contributed by atoms with Crippen LogP contribution in [-0.4, -0.2) is 41.3 Å². The lowest BCUT2D eigenvalue weighted by molar-refractivity contribution is -0.142. The molecule has 180 valence electrons. The first kappa shape index (κ1) is 23.8. The molecule has 2 aromatic rings. The fourth-order valence-electron chi connectivity index (χ4n) is 4.99. The summed E-state index contributed by atoms with van der Waals surface area (Å²) in [5.74, 6) is -1.45. The van der Waals surface area contributed by atoms with E-state index in [-0.39, 0.29) is 30.4 Å². The normalized spacial score (nSPS) is 21.0. The molecule has 0 aliphatic heterocycles. The molecular formula is C27H32N2O5. The Morgan fingerprint density at radius 2 is 1.53 bits per heavy atom. The summed E-state index contributed by atoms with van der Waals surface area (Å²) in [7, 11) is 0. The minimum atomic E-state index is -1.12. The Kier molecular flexibility index (Phi) is 6.91. The van der Waals surface area contributed by atoms with E-state index in [4.69, 9.17) is 9.84 Å². The van der Waals surface area contributed by atoms with E-state index in [1.165, 1.54) is 0 Å². The van der Waals surface area contributed by atoms with Crippen LogP contribution in [0.15, 0.2) is 48.5 Å². The molecule has 0 spiro atoms. The van der Waals surface area contributed by atoms with Crippen molar-refractivity contribution in [2.24, 2.45) is 5.92 Å². The average molecular weight is 465 g/mol. The van der Waals surface area contributed by atoms with Crippen LogP contribution in [0.4, 0.5) is 4.79 Å².